The monoisotopic (exact) mass is 626 g/mol. The van der Waals surface area contributed by atoms with Crippen LogP contribution in [0.4, 0.5) is 5.69 Å². The lowest BCUT2D eigenvalue weighted by molar-refractivity contribution is -0.133. The third kappa shape index (κ3) is 5.81. The Labute approximate surface area is 248 Å². The van der Waals surface area contributed by atoms with E-state index in [4.69, 9.17) is 61.6 Å². The van der Waals surface area contributed by atoms with E-state index in [2.05, 4.69) is 0 Å². The molecule has 39 heavy (non-hydrogen) atoms. The van der Waals surface area contributed by atoms with Gasteiger partial charge in [0, 0.05) is 25.3 Å². The Bertz CT molecular complexity index is 1620. The molecule has 0 fully saturated rings. The van der Waals surface area contributed by atoms with E-state index in [0.717, 1.165) is 22.7 Å². The molecule has 0 aliphatic carbocycles. The third-order valence-electron chi connectivity index (χ3n) is 5.95. The van der Waals surface area contributed by atoms with Crippen LogP contribution in [0.25, 0.3) is 11.0 Å². The fourth-order valence-electron chi connectivity index (χ4n) is 4.04. The Balaban J connectivity index is 2.08. The van der Waals surface area contributed by atoms with Crippen molar-refractivity contribution in [3.05, 3.63) is 83.9 Å². The smallest absolute Gasteiger partial charge is 0.357 e. The van der Waals surface area contributed by atoms with Crippen molar-refractivity contribution in [3.63, 3.8) is 0 Å². The summed E-state index contributed by atoms with van der Waals surface area (Å²) >= 11 is 25.9. The van der Waals surface area contributed by atoms with Gasteiger partial charge in [-0.15, -0.1) is 0 Å². The van der Waals surface area contributed by atoms with Crippen LogP contribution in [-0.2, 0) is 14.3 Å². The number of anilines is 1. The molecule has 0 saturated carbocycles. The molecule has 7 nitrogen and oxygen atoms in total. The van der Waals surface area contributed by atoms with Gasteiger partial charge < -0.3 is 15.2 Å². The summed E-state index contributed by atoms with van der Waals surface area (Å²) in [6, 6.07) is 9.48. The van der Waals surface area contributed by atoms with Gasteiger partial charge in [0.25, 0.3) is 0 Å². The first-order valence-electron chi connectivity index (χ1n) is 11.7. The van der Waals surface area contributed by atoms with Gasteiger partial charge in [0.15, 0.2) is 5.69 Å². The predicted octanol–water partition coefficient (Wildman–Crippen LogP) is 5.88. The average molecular weight is 628 g/mol. The summed E-state index contributed by atoms with van der Waals surface area (Å²) in [4.78, 5) is 40.5. The van der Waals surface area contributed by atoms with Crippen molar-refractivity contribution in [2.45, 2.75) is 25.0 Å². The van der Waals surface area contributed by atoms with E-state index >= 15 is 0 Å². The highest BCUT2D eigenvalue weighted by Crippen LogP contribution is 2.42. The Morgan fingerprint density at radius 2 is 1.72 bits per heavy atom. The minimum absolute atomic E-state index is 0.0451. The number of nitrogens with two attached hydrogens (primary N) is 1. The summed E-state index contributed by atoms with van der Waals surface area (Å²) in [6.07, 6.45) is 2.98. The molecule has 2 aromatic carbocycles. The second-order valence-corrected chi connectivity index (χ2v) is 11.3. The number of esters is 2. The van der Waals surface area contributed by atoms with Gasteiger partial charge in [-0.05, 0) is 47.9 Å². The zero-order valence-electron chi connectivity index (χ0n) is 20.7. The van der Waals surface area contributed by atoms with E-state index in [1.807, 2.05) is 6.92 Å². The number of hydrogen-bond donors (Lipinski definition) is 1. The van der Waals surface area contributed by atoms with E-state index in [1.165, 1.54) is 19.2 Å². The zero-order chi connectivity index (χ0) is 28.4. The fourth-order valence-corrected chi connectivity index (χ4v) is 6.35. The predicted molar refractivity (Wildman–Crippen MR) is 156 cm³/mol. The molecule has 0 amide bonds. The van der Waals surface area contributed by atoms with Crippen LogP contribution in [0.5, 0.6) is 0 Å². The van der Waals surface area contributed by atoms with Crippen LogP contribution in [0, 0.1) is 0 Å². The summed E-state index contributed by atoms with van der Waals surface area (Å²) in [5, 5.41) is 0.601. The Morgan fingerprint density at radius 1 is 1.05 bits per heavy atom. The first kappa shape index (κ1) is 29.4. The van der Waals surface area contributed by atoms with E-state index in [0.29, 0.717) is 32.6 Å². The highest BCUT2D eigenvalue weighted by atomic mass is 35.5. The Morgan fingerprint density at radius 3 is 2.33 bits per heavy atom. The number of ether oxygens (including phenoxy) is 2. The van der Waals surface area contributed by atoms with Crippen LogP contribution in [0.1, 0.15) is 51.4 Å². The number of rotatable bonds is 7. The number of fused-ring (bicyclic) bond motifs is 1. The maximum absolute atomic E-state index is 14.1. The molecule has 3 aromatic rings. The normalized spacial score (nSPS) is 15.3. The molecule has 0 spiro atoms. The molecule has 12 heteroatoms. The van der Waals surface area contributed by atoms with E-state index < -0.39 is 23.1 Å². The topological polar surface area (TPSA) is 101 Å². The van der Waals surface area contributed by atoms with Crippen LogP contribution in [0.3, 0.4) is 0 Å². The van der Waals surface area contributed by atoms with Gasteiger partial charge in [0.05, 0.1) is 24.8 Å². The Hall–Kier alpha value is -2.62. The lowest BCUT2D eigenvalue weighted by atomic mass is 10.1. The van der Waals surface area contributed by atoms with Crippen molar-refractivity contribution in [3.8, 4) is 0 Å². The zero-order valence-corrected chi connectivity index (χ0v) is 24.6. The number of benzene rings is 2. The van der Waals surface area contributed by atoms with Crippen LogP contribution in [0.2, 0.25) is 20.1 Å². The van der Waals surface area contributed by atoms with Gasteiger partial charge in [-0.2, -0.15) is 0 Å². The average Bonchev–Trinajstić information content (AvgIpc) is 3.18. The number of nitrogen functional groups attached to an aromatic ring is 1. The van der Waals surface area contributed by atoms with E-state index in [-0.39, 0.29) is 38.5 Å². The molecule has 2 heterocycles. The molecule has 4 rings (SSSR count). The molecule has 2 N–H and O–H groups in total. The second kappa shape index (κ2) is 12.3. The van der Waals surface area contributed by atoms with Gasteiger partial charge in [-0.25, -0.2) is 9.59 Å². The molecule has 1 aliphatic rings. The number of hydrogen-bond acceptors (Lipinski definition) is 7. The number of unbranched alkanes of at least 4 members (excludes halogenated alkanes) is 1. The number of nitrogens with zero attached hydrogens (tertiary/aromatic N) is 1. The first-order valence-corrected chi connectivity index (χ1v) is 14.1. The van der Waals surface area contributed by atoms with Crippen molar-refractivity contribution >= 4 is 92.7 Å². The number of methoxy groups -OCH3 is 1. The van der Waals surface area contributed by atoms with Gasteiger partial charge in [0.1, 0.15) is 10.2 Å². The van der Waals surface area contributed by atoms with Crippen LogP contribution < -0.4 is 16.3 Å². The molecule has 1 aromatic heterocycles. The number of aromatic nitrogens is 1. The molecule has 1 atom stereocenters. The van der Waals surface area contributed by atoms with E-state index in [1.54, 1.807) is 30.3 Å². The van der Waals surface area contributed by atoms with Gasteiger partial charge in [-0.1, -0.05) is 83.6 Å². The molecule has 204 valence electrons. The van der Waals surface area contributed by atoms with Crippen LogP contribution in [-0.4, -0.2) is 36.1 Å². The molecule has 0 saturated heterocycles. The summed E-state index contributed by atoms with van der Waals surface area (Å²) in [7, 11) is 1.21. The molecule has 1 aliphatic heterocycles. The maximum atomic E-state index is 14.1. The standard InChI is InChI=1S/C27H22Cl4N2O5S/c1-3-4-9-38-26(35)22-20(32)17(10-13-5-6-14(28)11-18(13)30)21-24(27(36)37-2)39-23(25(34)33(21)22)16-8-7-15(29)12-19(16)31/h5-8,10-12,23H,3-4,9,32H2,1-2H3/b17-10+/t23-/m1/s1. The third-order valence-corrected chi connectivity index (χ3v) is 8.36. The van der Waals surface area contributed by atoms with Gasteiger partial charge >= 0.3 is 11.9 Å². The van der Waals surface area contributed by atoms with Crippen molar-refractivity contribution in [2.24, 2.45) is 0 Å². The van der Waals surface area contributed by atoms with Crippen LogP contribution >= 0.6 is 58.2 Å². The van der Waals surface area contributed by atoms with Crippen molar-refractivity contribution in [2.75, 3.05) is 19.5 Å². The fraction of sp³-hybridized carbons (Fsp3) is 0.222. The van der Waals surface area contributed by atoms with Crippen LogP contribution in [0.15, 0.2) is 36.4 Å². The molecule has 0 unspecified atom stereocenters. The van der Waals surface area contributed by atoms with Crippen molar-refractivity contribution in [1.82, 2.24) is 4.57 Å². The minimum Gasteiger partial charge on any atom is -0.465 e. The van der Waals surface area contributed by atoms with Crippen molar-refractivity contribution in [1.29, 1.82) is 0 Å². The summed E-state index contributed by atoms with van der Waals surface area (Å²) in [6.45, 7) is 2.07. The van der Waals surface area contributed by atoms with E-state index in [9.17, 15) is 14.4 Å². The molecular formula is C27H22Cl4N2O5S. The highest BCUT2D eigenvalue weighted by Gasteiger charge is 2.39. The largest absolute Gasteiger partial charge is 0.465 e. The number of carbonyl (C=O) groups is 3. The lowest BCUT2D eigenvalue weighted by Crippen LogP contribution is -2.42. The second-order valence-electron chi connectivity index (χ2n) is 8.48. The van der Waals surface area contributed by atoms with Gasteiger partial charge in [0.2, 0.25) is 5.91 Å². The minimum atomic E-state index is -1.02. The highest BCUT2D eigenvalue weighted by molar-refractivity contribution is 8.10. The molecule has 0 bridgehead atoms. The molecule has 0 radical (unpaired) electrons. The Kier molecular flexibility index (Phi) is 9.24. The van der Waals surface area contributed by atoms with Gasteiger partial charge in [-0.3, -0.25) is 9.36 Å². The maximum Gasteiger partial charge on any atom is 0.357 e. The summed E-state index contributed by atoms with van der Waals surface area (Å²) in [5.41, 5.74) is 7.15. The lowest BCUT2D eigenvalue weighted by Gasteiger charge is -2.24. The number of halogens is 4. The quantitative estimate of drug-likeness (QED) is 0.258. The molecular weight excluding hydrogens is 606 g/mol. The van der Waals surface area contributed by atoms with Crippen molar-refractivity contribution < 1.29 is 23.9 Å². The first-order chi connectivity index (χ1) is 18.6. The summed E-state index contributed by atoms with van der Waals surface area (Å²) < 4.78 is 11.6. The summed E-state index contributed by atoms with van der Waals surface area (Å²) in [5.74, 6) is -2.10. The number of carbonyl (C=O) groups excluding carboxylic acids is 3. The SMILES string of the molecule is CCCCOC(=O)c1c(N)/c(=C\c2ccc(Cl)cc2Cl)c2n1C(=O)[C@@H](c1ccc(Cl)cc1Cl)SC=2C(=O)OC. The number of thioether (sulfide) groups is 1.